The van der Waals surface area contributed by atoms with E-state index < -0.39 is 0 Å². The maximum absolute atomic E-state index is 12.4. The second-order valence-corrected chi connectivity index (χ2v) is 6.25. The molecule has 1 aromatic heterocycles. The van der Waals surface area contributed by atoms with Gasteiger partial charge >= 0.3 is 0 Å². The number of aryl methyl sites for hydroxylation is 2. The molecule has 0 bridgehead atoms. The molecular weight excluding hydrogens is 284 g/mol. The summed E-state index contributed by atoms with van der Waals surface area (Å²) in [4.78, 5) is 15.6. The molecule has 0 spiro atoms. The molecule has 3 aromatic rings. The standard InChI is InChI=1S/C20H22N2O/c1-13-9-14(2)17-11-19(22-18(17)10-13)20(23)21-12-15(3)16-7-5-4-6-8-16/h4-11,15,22H,12H2,1-3H3,(H,21,23). The quantitative estimate of drug-likeness (QED) is 0.741. The van der Waals surface area contributed by atoms with Crippen LogP contribution in [-0.4, -0.2) is 17.4 Å². The van der Waals surface area contributed by atoms with Crippen molar-refractivity contribution in [1.29, 1.82) is 0 Å². The Morgan fingerprint density at radius 2 is 1.87 bits per heavy atom. The average Bonchev–Trinajstić information content (AvgIpc) is 2.97. The van der Waals surface area contributed by atoms with Crippen molar-refractivity contribution >= 4 is 16.8 Å². The van der Waals surface area contributed by atoms with Crippen LogP contribution >= 0.6 is 0 Å². The fourth-order valence-electron chi connectivity index (χ4n) is 2.96. The van der Waals surface area contributed by atoms with Gasteiger partial charge in [0.15, 0.2) is 0 Å². The summed E-state index contributed by atoms with van der Waals surface area (Å²) in [5.41, 5.74) is 5.25. The molecule has 0 saturated heterocycles. The van der Waals surface area contributed by atoms with E-state index in [0.717, 1.165) is 10.9 Å². The number of amides is 1. The van der Waals surface area contributed by atoms with E-state index in [0.29, 0.717) is 12.2 Å². The number of hydrogen-bond acceptors (Lipinski definition) is 1. The molecule has 23 heavy (non-hydrogen) atoms. The molecule has 3 rings (SSSR count). The molecule has 3 heteroatoms. The first kappa shape index (κ1) is 15.3. The van der Waals surface area contributed by atoms with Crippen LogP contribution in [-0.2, 0) is 0 Å². The summed E-state index contributed by atoms with van der Waals surface area (Å²) in [7, 11) is 0. The molecule has 3 nitrogen and oxygen atoms in total. The topological polar surface area (TPSA) is 44.9 Å². The lowest BCUT2D eigenvalue weighted by atomic mass is 10.0. The molecule has 0 aliphatic heterocycles. The lowest BCUT2D eigenvalue weighted by Gasteiger charge is -2.12. The van der Waals surface area contributed by atoms with E-state index in [-0.39, 0.29) is 11.8 Å². The van der Waals surface area contributed by atoms with Crippen LogP contribution in [0.2, 0.25) is 0 Å². The summed E-state index contributed by atoms with van der Waals surface area (Å²) in [5, 5.41) is 4.13. The van der Waals surface area contributed by atoms with Gasteiger partial charge in [0.1, 0.15) is 5.69 Å². The monoisotopic (exact) mass is 306 g/mol. The smallest absolute Gasteiger partial charge is 0.267 e. The summed E-state index contributed by atoms with van der Waals surface area (Å²) >= 11 is 0. The van der Waals surface area contributed by atoms with Crippen molar-refractivity contribution < 1.29 is 4.79 Å². The summed E-state index contributed by atoms with van der Waals surface area (Å²) in [5.74, 6) is 0.231. The molecule has 0 saturated carbocycles. The Kier molecular flexibility index (Phi) is 4.20. The van der Waals surface area contributed by atoms with Gasteiger partial charge in [0.05, 0.1) is 0 Å². The minimum Gasteiger partial charge on any atom is -0.351 e. The van der Waals surface area contributed by atoms with E-state index in [1.807, 2.05) is 24.3 Å². The highest BCUT2D eigenvalue weighted by Crippen LogP contribution is 2.21. The van der Waals surface area contributed by atoms with Crippen LogP contribution in [0.25, 0.3) is 10.9 Å². The summed E-state index contributed by atoms with van der Waals surface area (Å²) in [6.45, 7) is 6.88. The Morgan fingerprint density at radius 1 is 1.13 bits per heavy atom. The Morgan fingerprint density at radius 3 is 2.61 bits per heavy atom. The van der Waals surface area contributed by atoms with Gasteiger partial charge < -0.3 is 10.3 Å². The van der Waals surface area contributed by atoms with Gasteiger partial charge in [-0.15, -0.1) is 0 Å². The number of hydrogen-bond donors (Lipinski definition) is 2. The van der Waals surface area contributed by atoms with Crippen molar-refractivity contribution in [2.24, 2.45) is 0 Å². The van der Waals surface area contributed by atoms with E-state index in [4.69, 9.17) is 0 Å². The predicted octanol–water partition coefficient (Wildman–Crippen LogP) is 4.32. The second kappa shape index (κ2) is 6.29. The zero-order chi connectivity index (χ0) is 16.4. The summed E-state index contributed by atoms with van der Waals surface area (Å²) in [6.07, 6.45) is 0. The van der Waals surface area contributed by atoms with Crippen LogP contribution in [0.3, 0.4) is 0 Å². The largest absolute Gasteiger partial charge is 0.351 e. The van der Waals surface area contributed by atoms with Crippen LogP contribution in [0, 0.1) is 13.8 Å². The number of carbonyl (C=O) groups is 1. The first-order valence-corrected chi connectivity index (χ1v) is 7.97. The molecule has 1 unspecified atom stereocenters. The van der Waals surface area contributed by atoms with Crippen molar-refractivity contribution in [1.82, 2.24) is 10.3 Å². The van der Waals surface area contributed by atoms with Gasteiger partial charge in [-0.3, -0.25) is 4.79 Å². The maximum atomic E-state index is 12.4. The molecule has 0 aliphatic carbocycles. The number of rotatable bonds is 4. The number of carbonyl (C=O) groups excluding carboxylic acids is 1. The fraction of sp³-hybridized carbons (Fsp3) is 0.250. The van der Waals surface area contributed by atoms with Crippen LogP contribution in [0.1, 0.15) is 40.0 Å². The lowest BCUT2D eigenvalue weighted by molar-refractivity contribution is 0.0947. The fourth-order valence-corrected chi connectivity index (χ4v) is 2.96. The molecule has 1 heterocycles. The first-order chi connectivity index (χ1) is 11.0. The minimum atomic E-state index is -0.0546. The minimum absolute atomic E-state index is 0.0546. The second-order valence-electron chi connectivity index (χ2n) is 6.25. The normalized spacial score (nSPS) is 12.3. The van der Waals surface area contributed by atoms with Gasteiger partial charge in [-0.2, -0.15) is 0 Å². The van der Waals surface area contributed by atoms with E-state index in [2.05, 4.69) is 55.3 Å². The zero-order valence-corrected chi connectivity index (χ0v) is 13.8. The third kappa shape index (κ3) is 3.29. The molecule has 2 aromatic carbocycles. The Labute approximate surface area is 136 Å². The van der Waals surface area contributed by atoms with Gasteiger partial charge in [-0.25, -0.2) is 0 Å². The Balaban J connectivity index is 1.72. The highest BCUT2D eigenvalue weighted by Gasteiger charge is 2.12. The van der Waals surface area contributed by atoms with Gasteiger partial charge in [-0.1, -0.05) is 43.3 Å². The SMILES string of the molecule is Cc1cc(C)c2cc(C(=O)NCC(C)c3ccccc3)[nH]c2c1. The highest BCUT2D eigenvalue weighted by molar-refractivity contribution is 5.99. The molecule has 1 amide bonds. The number of benzene rings is 2. The summed E-state index contributed by atoms with van der Waals surface area (Å²) in [6, 6.07) is 16.4. The van der Waals surface area contributed by atoms with Crippen molar-refractivity contribution in [2.75, 3.05) is 6.54 Å². The maximum Gasteiger partial charge on any atom is 0.267 e. The third-order valence-electron chi connectivity index (χ3n) is 4.27. The predicted molar refractivity (Wildman–Crippen MR) is 95.0 cm³/mol. The van der Waals surface area contributed by atoms with Gasteiger partial charge in [0.2, 0.25) is 0 Å². The lowest BCUT2D eigenvalue weighted by Crippen LogP contribution is -2.27. The molecule has 0 aliphatic rings. The van der Waals surface area contributed by atoms with E-state index >= 15 is 0 Å². The number of aromatic nitrogens is 1. The zero-order valence-electron chi connectivity index (χ0n) is 13.8. The van der Waals surface area contributed by atoms with Crippen molar-refractivity contribution in [3.63, 3.8) is 0 Å². The van der Waals surface area contributed by atoms with E-state index in [1.54, 1.807) is 0 Å². The molecule has 118 valence electrons. The van der Waals surface area contributed by atoms with Crippen LogP contribution in [0.15, 0.2) is 48.5 Å². The number of nitrogens with one attached hydrogen (secondary N) is 2. The van der Waals surface area contributed by atoms with Crippen molar-refractivity contribution in [3.8, 4) is 0 Å². The molecule has 0 radical (unpaired) electrons. The first-order valence-electron chi connectivity index (χ1n) is 7.97. The van der Waals surface area contributed by atoms with Gasteiger partial charge in [-0.05, 0) is 48.6 Å². The van der Waals surface area contributed by atoms with Crippen LogP contribution < -0.4 is 5.32 Å². The Hall–Kier alpha value is -2.55. The van der Waals surface area contributed by atoms with Gasteiger partial charge in [0.25, 0.3) is 5.91 Å². The van der Waals surface area contributed by atoms with Crippen molar-refractivity contribution in [2.45, 2.75) is 26.7 Å². The molecule has 0 fully saturated rings. The van der Waals surface area contributed by atoms with Crippen LogP contribution in [0.5, 0.6) is 0 Å². The molecule has 2 N–H and O–H groups in total. The average molecular weight is 306 g/mol. The van der Waals surface area contributed by atoms with Crippen LogP contribution in [0.4, 0.5) is 0 Å². The molecular formula is C20H22N2O. The third-order valence-corrected chi connectivity index (χ3v) is 4.27. The Bertz CT molecular complexity index is 833. The number of H-pyrrole nitrogens is 1. The summed E-state index contributed by atoms with van der Waals surface area (Å²) < 4.78 is 0. The van der Waals surface area contributed by atoms with E-state index in [1.165, 1.54) is 16.7 Å². The van der Waals surface area contributed by atoms with E-state index in [9.17, 15) is 4.79 Å². The van der Waals surface area contributed by atoms with Crippen molar-refractivity contribution in [3.05, 3.63) is 70.9 Å². The number of aromatic amines is 1. The van der Waals surface area contributed by atoms with Gasteiger partial charge in [0, 0.05) is 17.4 Å². The molecule has 1 atom stereocenters. The highest BCUT2D eigenvalue weighted by atomic mass is 16.1. The number of fused-ring (bicyclic) bond motifs is 1.